The summed E-state index contributed by atoms with van der Waals surface area (Å²) in [5.41, 5.74) is 0.867. The Balaban J connectivity index is 1.33. The van der Waals surface area contributed by atoms with Gasteiger partial charge in [-0.15, -0.1) is 0 Å². The van der Waals surface area contributed by atoms with Gasteiger partial charge in [-0.3, -0.25) is 9.10 Å². The minimum absolute atomic E-state index is 0.173. The predicted octanol–water partition coefficient (Wildman–Crippen LogP) is 3.16. The number of carbonyl (C=O) groups excluding carboxylic acids is 1. The highest BCUT2D eigenvalue weighted by atomic mass is 32.2. The first kappa shape index (κ1) is 21.9. The number of hydrogen-bond acceptors (Lipinski definition) is 5. The zero-order valence-electron chi connectivity index (χ0n) is 17.8. The third kappa shape index (κ3) is 3.77. The fraction of sp³-hybridized carbons (Fsp3) is 0.261. The molecule has 33 heavy (non-hydrogen) atoms. The Bertz CT molecular complexity index is 1440. The van der Waals surface area contributed by atoms with Gasteiger partial charge in [0.1, 0.15) is 6.54 Å². The second-order valence-electron chi connectivity index (χ2n) is 8.18. The lowest BCUT2D eigenvalue weighted by atomic mass is 10.1. The summed E-state index contributed by atoms with van der Waals surface area (Å²) in [5, 5.41) is 4.07. The first-order chi connectivity index (χ1) is 15.8. The minimum atomic E-state index is -3.84. The molecule has 10 heteroatoms. The summed E-state index contributed by atoms with van der Waals surface area (Å²) in [6.45, 7) is 0.643. The van der Waals surface area contributed by atoms with Crippen molar-refractivity contribution in [2.45, 2.75) is 29.1 Å². The van der Waals surface area contributed by atoms with E-state index in [0.717, 1.165) is 29.0 Å². The fourth-order valence-corrected chi connectivity index (χ4v) is 7.61. The molecule has 3 aromatic rings. The first-order valence-electron chi connectivity index (χ1n) is 10.7. The van der Waals surface area contributed by atoms with Crippen LogP contribution in [0.4, 0.5) is 11.4 Å². The van der Waals surface area contributed by atoms with E-state index in [1.807, 2.05) is 12.1 Å². The van der Waals surface area contributed by atoms with E-state index in [4.69, 9.17) is 0 Å². The van der Waals surface area contributed by atoms with Crippen LogP contribution in [-0.4, -0.2) is 46.7 Å². The molecule has 2 heterocycles. The van der Waals surface area contributed by atoms with Gasteiger partial charge >= 0.3 is 0 Å². The number of piperidine rings is 1. The van der Waals surface area contributed by atoms with Crippen LogP contribution in [0.25, 0.3) is 10.8 Å². The van der Waals surface area contributed by atoms with Crippen LogP contribution >= 0.6 is 0 Å². The monoisotopic (exact) mass is 485 g/mol. The summed E-state index contributed by atoms with van der Waals surface area (Å²) in [6.07, 6.45) is 2.73. The summed E-state index contributed by atoms with van der Waals surface area (Å²) in [5.74, 6) is -0.518. The summed E-state index contributed by atoms with van der Waals surface area (Å²) in [6, 6.07) is 16.3. The highest BCUT2D eigenvalue weighted by Crippen LogP contribution is 2.41. The summed E-state index contributed by atoms with van der Waals surface area (Å²) in [4.78, 5) is 13.1. The highest BCUT2D eigenvalue weighted by Gasteiger charge is 2.36. The topological polar surface area (TPSA) is 104 Å². The molecule has 3 aromatic carbocycles. The molecule has 0 aliphatic carbocycles. The van der Waals surface area contributed by atoms with Gasteiger partial charge in [-0.05, 0) is 54.6 Å². The van der Waals surface area contributed by atoms with Gasteiger partial charge in [0.2, 0.25) is 15.9 Å². The molecule has 0 unspecified atom stereocenters. The summed E-state index contributed by atoms with van der Waals surface area (Å²) in [7, 11) is -7.40. The Morgan fingerprint density at radius 3 is 2.27 bits per heavy atom. The Morgan fingerprint density at radius 2 is 1.58 bits per heavy atom. The molecular formula is C23H23N3O5S2. The molecule has 2 aliphatic heterocycles. The Kier molecular flexibility index (Phi) is 5.38. The molecular weight excluding hydrogens is 462 g/mol. The minimum Gasteiger partial charge on any atom is -0.325 e. The standard InChI is InChI=1S/C23H23N3O5S2/c27-22(16-26-20-8-4-6-17-7-5-9-21(23(17)20)33(26,30)31)24-18-10-12-19(13-11-18)32(28,29)25-14-2-1-3-15-25/h4-13H,1-3,14-16H2,(H,24,27). The van der Waals surface area contributed by atoms with Crippen LogP contribution in [0.5, 0.6) is 0 Å². The van der Waals surface area contributed by atoms with Gasteiger partial charge in [0.15, 0.2) is 0 Å². The second-order valence-corrected chi connectivity index (χ2v) is 11.9. The molecule has 0 aromatic heterocycles. The predicted molar refractivity (Wildman–Crippen MR) is 126 cm³/mol. The average Bonchev–Trinajstić information content (AvgIpc) is 3.03. The molecule has 172 valence electrons. The molecule has 8 nitrogen and oxygen atoms in total. The summed E-state index contributed by atoms with van der Waals surface area (Å²) >= 11 is 0. The van der Waals surface area contributed by atoms with E-state index in [9.17, 15) is 21.6 Å². The SMILES string of the molecule is O=C(CN1c2cccc3cccc(c23)S1(=O)=O)Nc1ccc(S(=O)(=O)N2CCCCC2)cc1. The zero-order chi connectivity index (χ0) is 23.2. The fourth-order valence-electron chi connectivity index (χ4n) is 4.42. The van der Waals surface area contributed by atoms with Gasteiger partial charge in [0.05, 0.1) is 15.5 Å². The van der Waals surface area contributed by atoms with Gasteiger partial charge in [-0.25, -0.2) is 16.8 Å². The van der Waals surface area contributed by atoms with Gasteiger partial charge in [0, 0.05) is 24.2 Å². The number of rotatable bonds is 5. The van der Waals surface area contributed by atoms with E-state index >= 15 is 0 Å². The van der Waals surface area contributed by atoms with E-state index in [0.29, 0.717) is 29.9 Å². The molecule has 1 N–H and O–H groups in total. The van der Waals surface area contributed by atoms with Crippen LogP contribution in [0.1, 0.15) is 19.3 Å². The third-order valence-corrected chi connectivity index (χ3v) is 9.77. The number of anilines is 2. The van der Waals surface area contributed by atoms with Crippen LogP contribution in [-0.2, 0) is 24.8 Å². The molecule has 0 atom stereocenters. The van der Waals surface area contributed by atoms with Crippen molar-refractivity contribution in [3.8, 4) is 0 Å². The van der Waals surface area contributed by atoms with Crippen molar-refractivity contribution in [2.24, 2.45) is 0 Å². The van der Waals surface area contributed by atoms with Crippen molar-refractivity contribution < 1.29 is 21.6 Å². The molecule has 1 saturated heterocycles. The van der Waals surface area contributed by atoms with Gasteiger partial charge in [0.25, 0.3) is 10.0 Å². The van der Waals surface area contributed by atoms with E-state index in [-0.39, 0.29) is 16.3 Å². The largest absolute Gasteiger partial charge is 0.325 e. The van der Waals surface area contributed by atoms with Crippen molar-refractivity contribution in [2.75, 3.05) is 29.3 Å². The Morgan fingerprint density at radius 1 is 0.909 bits per heavy atom. The maximum atomic E-state index is 13.0. The van der Waals surface area contributed by atoms with Crippen molar-refractivity contribution in [1.29, 1.82) is 0 Å². The smallest absolute Gasteiger partial charge is 0.265 e. The lowest BCUT2D eigenvalue weighted by Gasteiger charge is -2.25. The number of amides is 1. The van der Waals surface area contributed by atoms with Gasteiger partial charge < -0.3 is 5.32 Å². The molecule has 1 fully saturated rings. The molecule has 5 rings (SSSR count). The van der Waals surface area contributed by atoms with Crippen LogP contribution in [0.15, 0.2) is 70.5 Å². The summed E-state index contributed by atoms with van der Waals surface area (Å²) < 4.78 is 54.2. The third-order valence-electron chi connectivity index (χ3n) is 6.06. The van der Waals surface area contributed by atoms with Gasteiger partial charge in [-0.2, -0.15) is 4.31 Å². The number of nitrogens with zero attached hydrogens (tertiary/aromatic N) is 2. The lowest BCUT2D eigenvalue weighted by molar-refractivity contribution is -0.114. The number of benzene rings is 3. The lowest BCUT2D eigenvalue weighted by Crippen LogP contribution is -2.36. The average molecular weight is 486 g/mol. The Labute approximate surface area is 192 Å². The zero-order valence-corrected chi connectivity index (χ0v) is 19.4. The van der Waals surface area contributed by atoms with Crippen LogP contribution < -0.4 is 9.62 Å². The van der Waals surface area contributed by atoms with Crippen molar-refractivity contribution in [3.63, 3.8) is 0 Å². The first-order valence-corrected chi connectivity index (χ1v) is 13.6. The molecule has 0 saturated carbocycles. The van der Waals surface area contributed by atoms with Crippen molar-refractivity contribution in [3.05, 3.63) is 60.7 Å². The maximum absolute atomic E-state index is 13.0. The molecule has 0 bridgehead atoms. The second kappa shape index (κ2) is 8.12. The quantitative estimate of drug-likeness (QED) is 0.598. The number of sulfonamides is 2. The number of nitrogens with one attached hydrogen (secondary N) is 1. The Hall–Kier alpha value is -2.95. The maximum Gasteiger partial charge on any atom is 0.265 e. The van der Waals surface area contributed by atoms with Crippen LogP contribution in [0.2, 0.25) is 0 Å². The number of carbonyl (C=O) groups is 1. The molecule has 2 aliphatic rings. The van der Waals surface area contributed by atoms with Crippen LogP contribution in [0, 0.1) is 0 Å². The van der Waals surface area contributed by atoms with Crippen molar-refractivity contribution >= 4 is 48.1 Å². The molecule has 0 radical (unpaired) electrons. The highest BCUT2D eigenvalue weighted by molar-refractivity contribution is 7.93. The van der Waals surface area contributed by atoms with E-state index in [1.54, 1.807) is 24.3 Å². The normalized spacial score (nSPS) is 17.9. The van der Waals surface area contributed by atoms with E-state index < -0.39 is 26.0 Å². The molecule has 0 spiro atoms. The van der Waals surface area contributed by atoms with Gasteiger partial charge in [-0.1, -0.05) is 30.7 Å². The molecule has 1 amide bonds. The van der Waals surface area contributed by atoms with Crippen LogP contribution in [0.3, 0.4) is 0 Å². The van der Waals surface area contributed by atoms with Crippen molar-refractivity contribution in [1.82, 2.24) is 4.31 Å². The number of hydrogen-bond donors (Lipinski definition) is 1. The van der Waals surface area contributed by atoms with E-state index in [2.05, 4.69) is 5.32 Å². The van der Waals surface area contributed by atoms with E-state index in [1.165, 1.54) is 28.6 Å².